The Morgan fingerprint density at radius 1 is 1.33 bits per heavy atom. The van der Waals surface area contributed by atoms with Crippen LogP contribution in [0.1, 0.15) is 39.2 Å². The first-order chi connectivity index (χ1) is 9.84. The highest BCUT2D eigenvalue weighted by Crippen LogP contribution is 2.34. The van der Waals surface area contributed by atoms with Gasteiger partial charge in [0.1, 0.15) is 0 Å². The molecule has 0 aromatic heterocycles. The van der Waals surface area contributed by atoms with Gasteiger partial charge >= 0.3 is 0 Å². The number of hydrogen-bond acceptors (Lipinski definition) is 3. The van der Waals surface area contributed by atoms with Crippen molar-refractivity contribution < 1.29 is 4.79 Å². The van der Waals surface area contributed by atoms with Gasteiger partial charge in [-0.2, -0.15) is 5.10 Å². The van der Waals surface area contributed by atoms with E-state index in [-0.39, 0.29) is 17.2 Å². The number of rotatable bonds is 4. The van der Waals surface area contributed by atoms with E-state index in [1.165, 1.54) is 0 Å². The average molecular weight is 287 g/mol. The number of hydrazone groups is 1. The van der Waals surface area contributed by atoms with E-state index in [2.05, 4.69) is 25.9 Å². The molecule has 2 rings (SSSR count). The fourth-order valence-corrected chi connectivity index (χ4v) is 2.69. The third-order valence-corrected chi connectivity index (χ3v) is 3.76. The summed E-state index contributed by atoms with van der Waals surface area (Å²) in [6.45, 7) is 8.94. The van der Waals surface area contributed by atoms with Crippen LogP contribution in [0.15, 0.2) is 29.4 Å². The van der Waals surface area contributed by atoms with Crippen molar-refractivity contribution in [3.05, 3.63) is 29.8 Å². The Hall–Kier alpha value is -1.68. The summed E-state index contributed by atoms with van der Waals surface area (Å²) < 4.78 is 0. The molecule has 0 bridgehead atoms. The Labute approximate surface area is 127 Å². The number of benzene rings is 1. The maximum Gasteiger partial charge on any atom is 0.256 e. The van der Waals surface area contributed by atoms with E-state index < -0.39 is 0 Å². The zero-order valence-corrected chi connectivity index (χ0v) is 13.4. The quantitative estimate of drug-likeness (QED) is 0.925. The lowest BCUT2D eigenvalue weighted by atomic mass is 9.80. The van der Waals surface area contributed by atoms with E-state index in [1.807, 2.05) is 31.2 Å². The Bertz CT molecular complexity index is 557. The van der Waals surface area contributed by atoms with Crippen LogP contribution in [0.4, 0.5) is 5.69 Å². The van der Waals surface area contributed by atoms with E-state index in [0.717, 1.165) is 29.8 Å². The molecule has 1 aromatic rings. The van der Waals surface area contributed by atoms with Crippen LogP contribution in [-0.4, -0.2) is 18.2 Å². The Kier molecular flexibility index (Phi) is 4.47. The van der Waals surface area contributed by atoms with Crippen LogP contribution in [-0.2, 0) is 4.79 Å². The van der Waals surface area contributed by atoms with Gasteiger partial charge in [-0.15, -0.1) is 0 Å². The number of carbonyl (C=O) groups is 1. The van der Waals surface area contributed by atoms with E-state index in [9.17, 15) is 4.79 Å². The maximum atomic E-state index is 12.8. The molecule has 1 aromatic carbocycles. The first-order valence-electron chi connectivity index (χ1n) is 7.54. The van der Waals surface area contributed by atoms with Crippen LogP contribution in [0, 0.1) is 18.3 Å². The molecule has 4 heteroatoms. The second-order valence-corrected chi connectivity index (χ2v) is 6.71. The Morgan fingerprint density at radius 3 is 2.62 bits per heavy atom. The second kappa shape index (κ2) is 5.98. The van der Waals surface area contributed by atoms with Crippen LogP contribution in [0.5, 0.6) is 0 Å². The minimum atomic E-state index is -0.144. The highest BCUT2D eigenvalue weighted by Gasteiger charge is 2.41. The molecule has 0 saturated carbocycles. The predicted octanol–water partition coefficient (Wildman–Crippen LogP) is 3.10. The van der Waals surface area contributed by atoms with Gasteiger partial charge in [-0.3, -0.25) is 4.79 Å². The molecule has 0 saturated heterocycles. The van der Waals surface area contributed by atoms with Crippen molar-refractivity contribution in [2.45, 2.75) is 40.5 Å². The number of amides is 1. The summed E-state index contributed by atoms with van der Waals surface area (Å²) in [6, 6.07) is 7.90. The second-order valence-electron chi connectivity index (χ2n) is 6.71. The smallest absolute Gasteiger partial charge is 0.256 e. The number of nitrogens with zero attached hydrogens (tertiary/aromatic N) is 2. The topological polar surface area (TPSA) is 58.7 Å². The van der Waals surface area contributed by atoms with Crippen LogP contribution in [0.2, 0.25) is 0 Å². The lowest BCUT2D eigenvalue weighted by Gasteiger charge is -2.22. The van der Waals surface area contributed by atoms with Crippen molar-refractivity contribution in [2.24, 2.45) is 22.2 Å². The molecule has 21 heavy (non-hydrogen) atoms. The van der Waals surface area contributed by atoms with Gasteiger partial charge in [0.15, 0.2) is 0 Å². The van der Waals surface area contributed by atoms with Crippen molar-refractivity contribution in [1.29, 1.82) is 0 Å². The molecule has 1 amide bonds. The molecule has 114 valence electrons. The van der Waals surface area contributed by atoms with Crippen molar-refractivity contribution in [3.63, 3.8) is 0 Å². The highest BCUT2D eigenvalue weighted by molar-refractivity contribution is 6.17. The number of anilines is 1. The SMILES string of the molecule is Cc1cccc(N2N=C(C(C)(C)C)C(CCCN)C2=O)c1. The number of hydrogen-bond donors (Lipinski definition) is 1. The van der Waals surface area contributed by atoms with Gasteiger partial charge in [0.2, 0.25) is 0 Å². The van der Waals surface area contributed by atoms with E-state index >= 15 is 0 Å². The van der Waals surface area contributed by atoms with E-state index in [0.29, 0.717) is 6.54 Å². The minimum absolute atomic E-state index is 0.0685. The summed E-state index contributed by atoms with van der Waals surface area (Å²) in [5.41, 5.74) is 8.42. The summed E-state index contributed by atoms with van der Waals surface area (Å²) in [4.78, 5) is 12.8. The maximum absolute atomic E-state index is 12.8. The summed E-state index contributed by atoms with van der Waals surface area (Å²) in [6.07, 6.45) is 1.61. The van der Waals surface area contributed by atoms with Gasteiger partial charge in [-0.05, 0) is 44.0 Å². The van der Waals surface area contributed by atoms with Crippen LogP contribution in [0.25, 0.3) is 0 Å². The van der Waals surface area contributed by atoms with Crippen molar-refractivity contribution >= 4 is 17.3 Å². The van der Waals surface area contributed by atoms with Gasteiger partial charge in [-0.25, -0.2) is 5.01 Å². The normalized spacial score (nSPS) is 19.1. The van der Waals surface area contributed by atoms with E-state index in [1.54, 1.807) is 5.01 Å². The monoisotopic (exact) mass is 287 g/mol. The lowest BCUT2D eigenvalue weighted by Crippen LogP contribution is -2.32. The predicted molar refractivity (Wildman–Crippen MR) is 87.3 cm³/mol. The van der Waals surface area contributed by atoms with Crippen molar-refractivity contribution in [1.82, 2.24) is 0 Å². The fourth-order valence-electron chi connectivity index (χ4n) is 2.69. The minimum Gasteiger partial charge on any atom is -0.330 e. The van der Waals surface area contributed by atoms with Crippen LogP contribution >= 0.6 is 0 Å². The van der Waals surface area contributed by atoms with Gasteiger partial charge < -0.3 is 5.73 Å². The van der Waals surface area contributed by atoms with Crippen LogP contribution in [0.3, 0.4) is 0 Å². The molecule has 1 heterocycles. The molecule has 0 radical (unpaired) electrons. The fraction of sp³-hybridized carbons (Fsp3) is 0.529. The molecule has 0 aliphatic carbocycles. The van der Waals surface area contributed by atoms with Gasteiger partial charge in [0.05, 0.1) is 17.3 Å². The molecule has 1 atom stereocenters. The average Bonchev–Trinajstić information content (AvgIpc) is 2.73. The van der Waals surface area contributed by atoms with Gasteiger partial charge in [0.25, 0.3) is 5.91 Å². The Morgan fingerprint density at radius 2 is 2.05 bits per heavy atom. The van der Waals surface area contributed by atoms with Gasteiger partial charge in [0, 0.05) is 5.41 Å². The molecule has 0 fully saturated rings. The molecule has 0 spiro atoms. The van der Waals surface area contributed by atoms with E-state index in [4.69, 9.17) is 5.73 Å². The van der Waals surface area contributed by atoms with Gasteiger partial charge in [-0.1, -0.05) is 32.9 Å². The number of carbonyl (C=O) groups excluding carboxylic acids is 1. The first kappa shape index (κ1) is 15.7. The number of aryl methyl sites for hydroxylation is 1. The first-order valence-corrected chi connectivity index (χ1v) is 7.54. The van der Waals surface area contributed by atoms with Crippen molar-refractivity contribution in [3.8, 4) is 0 Å². The Balaban J connectivity index is 2.36. The van der Waals surface area contributed by atoms with Crippen molar-refractivity contribution in [2.75, 3.05) is 11.6 Å². The summed E-state index contributed by atoms with van der Waals surface area (Å²) in [5, 5.41) is 6.21. The third-order valence-electron chi connectivity index (χ3n) is 3.76. The zero-order valence-electron chi connectivity index (χ0n) is 13.4. The molecule has 1 unspecified atom stereocenters. The largest absolute Gasteiger partial charge is 0.330 e. The molecular formula is C17H25N3O. The summed E-state index contributed by atoms with van der Waals surface area (Å²) >= 11 is 0. The number of nitrogens with two attached hydrogens (primary N) is 1. The standard InChI is InChI=1S/C17H25N3O/c1-12-7-5-8-13(11-12)20-16(21)14(9-6-10-18)15(19-20)17(2,3)4/h5,7-8,11,14H,6,9-10,18H2,1-4H3. The molecule has 1 aliphatic heterocycles. The molecule has 2 N–H and O–H groups in total. The zero-order chi connectivity index (χ0) is 15.6. The summed E-state index contributed by atoms with van der Waals surface area (Å²) in [5.74, 6) is -0.0759. The van der Waals surface area contributed by atoms with Crippen LogP contribution < -0.4 is 10.7 Å². The molecular weight excluding hydrogens is 262 g/mol. The molecule has 4 nitrogen and oxygen atoms in total. The third kappa shape index (κ3) is 3.32. The summed E-state index contributed by atoms with van der Waals surface area (Å²) in [7, 11) is 0. The highest BCUT2D eigenvalue weighted by atomic mass is 16.2. The lowest BCUT2D eigenvalue weighted by molar-refractivity contribution is -0.120. The molecule has 1 aliphatic rings.